The van der Waals surface area contributed by atoms with Gasteiger partial charge in [0.05, 0.1) is 5.71 Å². The summed E-state index contributed by atoms with van der Waals surface area (Å²) in [6, 6.07) is 2.12. The lowest BCUT2D eigenvalue weighted by molar-refractivity contribution is 0.317. The van der Waals surface area contributed by atoms with Gasteiger partial charge in [-0.3, -0.25) is 0 Å². The van der Waals surface area contributed by atoms with Crippen LogP contribution in [-0.4, -0.2) is 10.9 Å². The molecule has 12 heavy (non-hydrogen) atoms. The summed E-state index contributed by atoms with van der Waals surface area (Å²) >= 11 is 1.77. The summed E-state index contributed by atoms with van der Waals surface area (Å²) in [5, 5.41) is 13.7. The van der Waals surface area contributed by atoms with Crippen molar-refractivity contribution >= 4 is 17.0 Å². The molecule has 0 saturated heterocycles. The molecule has 0 spiro atoms. The van der Waals surface area contributed by atoms with Crippen molar-refractivity contribution < 1.29 is 5.21 Å². The van der Waals surface area contributed by atoms with Gasteiger partial charge in [0.15, 0.2) is 0 Å². The van der Waals surface area contributed by atoms with Crippen LogP contribution in [0.15, 0.2) is 16.6 Å². The molecule has 0 saturated carbocycles. The number of thiophene rings is 1. The molecule has 3 heteroatoms. The van der Waals surface area contributed by atoms with Crippen LogP contribution in [-0.2, 0) is 6.42 Å². The van der Waals surface area contributed by atoms with E-state index in [1.807, 2.05) is 6.92 Å². The van der Waals surface area contributed by atoms with E-state index in [0.717, 1.165) is 18.6 Å². The molecular weight excluding hydrogens is 170 g/mol. The summed E-state index contributed by atoms with van der Waals surface area (Å²) in [6.07, 6.45) is 1.83. The average molecular weight is 183 g/mol. The quantitative estimate of drug-likeness (QED) is 0.436. The number of nitrogens with zero attached hydrogens (tertiary/aromatic N) is 1. The molecular formula is C9H13NOS. The third-order valence-electron chi connectivity index (χ3n) is 1.85. The molecule has 1 aromatic rings. The van der Waals surface area contributed by atoms with E-state index in [1.165, 1.54) is 10.4 Å². The van der Waals surface area contributed by atoms with Crippen molar-refractivity contribution in [2.45, 2.75) is 26.7 Å². The normalized spacial score (nSPS) is 12.0. The van der Waals surface area contributed by atoms with Gasteiger partial charge in [-0.05, 0) is 43.7 Å². The number of rotatable bonds is 3. The Balaban J connectivity index is 2.49. The Hall–Kier alpha value is -0.830. The fraction of sp³-hybridized carbons (Fsp3) is 0.444. The third-order valence-corrected chi connectivity index (χ3v) is 2.94. The summed E-state index contributed by atoms with van der Waals surface area (Å²) in [4.78, 5) is 1.39. The molecule has 0 radical (unpaired) electrons. The van der Waals surface area contributed by atoms with E-state index in [0.29, 0.717) is 0 Å². The lowest BCUT2D eigenvalue weighted by atomic mass is 10.1. The Kier molecular flexibility index (Phi) is 3.29. The van der Waals surface area contributed by atoms with Gasteiger partial charge in [0, 0.05) is 4.88 Å². The maximum absolute atomic E-state index is 8.42. The minimum Gasteiger partial charge on any atom is -0.411 e. The monoisotopic (exact) mass is 183 g/mol. The molecule has 0 unspecified atom stereocenters. The molecule has 0 amide bonds. The molecule has 66 valence electrons. The smallest absolute Gasteiger partial charge is 0.0543 e. The molecule has 0 fully saturated rings. The van der Waals surface area contributed by atoms with E-state index in [-0.39, 0.29) is 0 Å². The second-order valence-corrected chi connectivity index (χ2v) is 3.86. The van der Waals surface area contributed by atoms with Crippen molar-refractivity contribution in [1.82, 2.24) is 0 Å². The predicted molar refractivity (Wildman–Crippen MR) is 52.3 cm³/mol. The average Bonchev–Trinajstić information content (AvgIpc) is 2.47. The van der Waals surface area contributed by atoms with Crippen LogP contribution >= 0.6 is 11.3 Å². The summed E-state index contributed by atoms with van der Waals surface area (Å²) < 4.78 is 0. The molecule has 0 bridgehead atoms. The van der Waals surface area contributed by atoms with Crippen LogP contribution in [0.5, 0.6) is 0 Å². The van der Waals surface area contributed by atoms with Crippen LogP contribution in [0.2, 0.25) is 0 Å². The molecule has 1 aromatic heterocycles. The Morgan fingerprint density at radius 2 is 2.42 bits per heavy atom. The zero-order valence-electron chi connectivity index (χ0n) is 7.37. The topological polar surface area (TPSA) is 32.6 Å². The van der Waals surface area contributed by atoms with E-state index in [2.05, 4.69) is 23.5 Å². The van der Waals surface area contributed by atoms with Gasteiger partial charge in [0.1, 0.15) is 0 Å². The van der Waals surface area contributed by atoms with Crippen molar-refractivity contribution in [2.75, 3.05) is 0 Å². The Bertz CT molecular complexity index is 278. The highest BCUT2D eigenvalue weighted by Gasteiger charge is 2.00. The first-order valence-corrected chi connectivity index (χ1v) is 4.82. The largest absolute Gasteiger partial charge is 0.411 e. The first kappa shape index (κ1) is 9.26. The van der Waals surface area contributed by atoms with Crippen molar-refractivity contribution in [3.63, 3.8) is 0 Å². The van der Waals surface area contributed by atoms with E-state index in [4.69, 9.17) is 5.21 Å². The van der Waals surface area contributed by atoms with Crippen molar-refractivity contribution in [3.8, 4) is 0 Å². The Morgan fingerprint density at radius 3 is 2.92 bits per heavy atom. The van der Waals surface area contributed by atoms with Crippen molar-refractivity contribution in [1.29, 1.82) is 0 Å². The van der Waals surface area contributed by atoms with Gasteiger partial charge in [-0.15, -0.1) is 11.3 Å². The van der Waals surface area contributed by atoms with Crippen molar-refractivity contribution in [3.05, 3.63) is 21.9 Å². The van der Waals surface area contributed by atoms with Crippen LogP contribution in [0.4, 0.5) is 0 Å². The Labute approximate surface area is 76.5 Å². The van der Waals surface area contributed by atoms with Gasteiger partial charge in [-0.25, -0.2) is 0 Å². The van der Waals surface area contributed by atoms with E-state index >= 15 is 0 Å². The van der Waals surface area contributed by atoms with Crippen LogP contribution in [0.3, 0.4) is 0 Å². The molecule has 1 rings (SSSR count). The van der Waals surface area contributed by atoms with E-state index in [1.54, 1.807) is 11.3 Å². The molecule has 0 aliphatic rings. The van der Waals surface area contributed by atoms with Gasteiger partial charge < -0.3 is 5.21 Å². The van der Waals surface area contributed by atoms with Crippen LogP contribution in [0, 0.1) is 6.92 Å². The molecule has 1 N–H and O–H groups in total. The van der Waals surface area contributed by atoms with Gasteiger partial charge in [0.2, 0.25) is 0 Å². The number of oxime groups is 1. The highest BCUT2D eigenvalue weighted by molar-refractivity contribution is 7.10. The van der Waals surface area contributed by atoms with Gasteiger partial charge in [-0.1, -0.05) is 5.16 Å². The minimum absolute atomic E-state index is 0.794. The van der Waals surface area contributed by atoms with Gasteiger partial charge in [-0.2, -0.15) is 0 Å². The number of aryl methyl sites for hydroxylation is 2. The summed E-state index contributed by atoms with van der Waals surface area (Å²) in [5.41, 5.74) is 2.13. The van der Waals surface area contributed by atoms with Gasteiger partial charge >= 0.3 is 0 Å². The molecule has 2 nitrogen and oxygen atoms in total. The van der Waals surface area contributed by atoms with E-state index in [9.17, 15) is 0 Å². The maximum atomic E-state index is 8.42. The SMILES string of the molecule is CC(CCc1sccc1C)=NO. The van der Waals surface area contributed by atoms with Crippen molar-refractivity contribution in [2.24, 2.45) is 5.16 Å². The second-order valence-electron chi connectivity index (χ2n) is 2.86. The number of hydrogen-bond acceptors (Lipinski definition) is 3. The minimum atomic E-state index is 0.794. The highest BCUT2D eigenvalue weighted by atomic mass is 32.1. The van der Waals surface area contributed by atoms with E-state index < -0.39 is 0 Å². The third kappa shape index (κ3) is 2.34. The first-order valence-electron chi connectivity index (χ1n) is 3.94. The summed E-state index contributed by atoms with van der Waals surface area (Å²) in [6.45, 7) is 3.94. The summed E-state index contributed by atoms with van der Waals surface area (Å²) in [7, 11) is 0. The van der Waals surface area contributed by atoms with Gasteiger partial charge in [0.25, 0.3) is 0 Å². The van der Waals surface area contributed by atoms with Crippen LogP contribution < -0.4 is 0 Å². The molecule has 0 aliphatic carbocycles. The molecule has 1 heterocycles. The summed E-state index contributed by atoms with van der Waals surface area (Å²) in [5.74, 6) is 0. The fourth-order valence-corrected chi connectivity index (χ4v) is 1.91. The predicted octanol–water partition coefficient (Wildman–Crippen LogP) is 2.84. The molecule has 0 aromatic carbocycles. The highest BCUT2D eigenvalue weighted by Crippen LogP contribution is 2.17. The zero-order chi connectivity index (χ0) is 8.97. The second kappa shape index (κ2) is 4.26. The molecule has 0 atom stereocenters. The standard InChI is InChI=1S/C9H13NOS/c1-7-5-6-12-9(7)4-3-8(2)10-11/h5-6,11H,3-4H2,1-2H3. The number of hydrogen-bond donors (Lipinski definition) is 1. The first-order chi connectivity index (χ1) is 5.74. The lowest BCUT2D eigenvalue weighted by Gasteiger charge is -1.97. The fourth-order valence-electron chi connectivity index (χ4n) is 1.00. The van der Waals surface area contributed by atoms with Crippen LogP contribution in [0.25, 0.3) is 0 Å². The van der Waals surface area contributed by atoms with Crippen LogP contribution in [0.1, 0.15) is 23.8 Å². The zero-order valence-corrected chi connectivity index (χ0v) is 8.19. The Morgan fingerprint density at radius 1 is 1.67 bits per heavy atom. The maximum Gasteiger partial charge on any atom is 0.0543 e. The lowest BCUT2D eigenvalue weighted by Crippen LogP contribution is -1.94. The molecule has 0 aliphatic heterocycles.